The number of Topliss-reactive ketones (excluding diaryl/α,β-unsaturated/α-hetero) is 6. The molecular weight excluding hydrogens is 688 g/mol. The van der Waals surface area contributed by atoms with E-state index in [9.17, 15) is 28.8 Å². The van der Waals surface area contributed by atoms with E-state index in [-0.39, 0.29) is 59.3 Å². The predicted octanol–water partition coefficient (Wildman–Crippen LogP) is 9.30. The Morgan fingerprint density at radius 3 is 1.09 bits per heavy atom. The summed E-state index contributed by atoms with van der Waals surface area (Å²) in [7, 11) is 0. The third kappa shape index (κ3) is 44.3. The molecular formula is C44H84O10. The van der Waals surface area contributed by atoms with Gasteiger partial charge in [-0.25, -0.2) is 0 Å². The van der Waals surface area contributed by atoms with Gasteiger partial charge in [0, 0.05) is 82.4 Å². The van der Waals surface area contributed by atoms with Crippen LogP contribution in [0, 0.1) is 35.5 Å². The van der Waals surface area contributed by atoms with E-state index in [0.29, 0.717) is 75.0 Å². The molecule has 0 bridgehead atoms. The number of carbonyl (C=O) groups is 6. The van der Waals surface area contributed by atoms with Gasteiger partial charge in [0.2, 0.25) is 17.3 Å². The lowest BCUT2D eigenvalue weighted by Gasteiger charge is -2.07. The van der Waals surface area contributed by atoms with Crippen molar-refractivity contribution >= 4 is 34.7 Å². The smallest absolute Gasteiger partial charge is 0.200 e. The predicted molar refractivity (Wildman–Crippen MR) is 220 cm³/mol. The van der Waals surface area contributed by atoms with E-state index in [1.54, 1.807) is 27.7 Å². The van der Waals surface area contributed by atoms with Gasteiger partial charge in [-0.3, -0.25) is 28.8 Å². The van der Waals surface area contributed by atoms with Gasteiger partial charge in [-0.1, -0.05) is 83.1 Å². The number of ether oxygens (including phenoxy) is 4. The molecule has 320 valence electrons. The molecule has 0 aliphatic carbocycles. The molecule has 0 saturated carbocycles. The van der Waals surface area contributed by atoms with Gasteiger partial charge in [0.25, 0.3) is 0 Å². The van der Waals surface area contributed by atoms with Crippen LogP contribution < -0.4 is 0 Å². The Labute approximate surface area is 331 Å². The SMILES string of the molecule is CC(C)COCCC(=O)C(=O)C(C)C.CC(C)COCCCC(=O)C(C)C.CC(C)OCCCC(=O)C(=O)C(C)C.CC(C)OCCCCC(=O)C(C)C. The van der Waals surface area contributed by atoms with Crippen molar-refractivity contribution in [3.8, 4) is 0 Å². The Morgan fingerprint density at radius 2 is 0.722 bits per heavy atom. The first-order valence-electron chi connectivity index (χ1n) is 20.6. The minimum Gasteiger partial charge on any atom is -0.381 e. The van der Waals surface area contributed by atoms with Crippen LogP contribution in [0.1, 0.15) is 162 Å². The topological polar surface area (TPSA) is 139 Å². The van der Waals surface area contributed by atoms with Crippen LogP contribution in [-0.2, 0) is 47.7 Å². The number of carbonyl (C=O) groups excluding carboxylic acids is 6. The zero-order chi connectivity index (χ0) is 42.8. The Balaban J connectivity index is -0.000000309. The highest BCUT2D eigenvalue weighted by molar-refractivity contribution is 6.38. The fourth-order valence-electron chi connectivity index (χ4n) is 3.89. The Morgan fingerprint density at radius 1 is 0.370 bits per heavy atom. The second-order valence-electron chi connectivity index (χ2n) is 16.3. The molecule has 0 rings (SSSR count). The van der Waals surface area contributed by atoms with Crippen LogP contribution in [0.2, 0.25) is 0 Å². The number of rotatable bonds is 28. The summed E-state index contributed by atoms with van der Waals surface area (Å²) in [5.74, 6) is 0.574. The molecule has 0 aromatic heterocycles. The second-order valence-corrected chi connectivity index (χ2v) is 16.3. The fourth-order valence-corrected chi connectivity index (χ4v) is 3.89. The van der Waals surface area contributed by atoms with Gasteiger partial charge in [-0.2, -0.15) is 0 Å². The lowest BCUT2D eigenvalue weighted by molar-refractivity contribution is -0.139. The van der Waals surface area contributed by atoms with Gasteiger partial charge < -0.3 is 18.9 Å². The molecule has 10 heteroatoms. The van der Waals surface area contributed by atoms with Crippen molar-refractivity contribution in [2.45, 2.75) is 174 Å². The summed E-state index contributed by atoms with van der Waals surface area (Å²) < 4.78 is 21.2. The maximum absolute atomic E-state index is 11.2. The van der Waals surface area contributed by atoms with Gasteiger partial charge in [0.1, 0.15) is 11.6 Å². The molecule has 0 fully saturated rings. The summed E-state index contributed by atoms with van der Waals surface area (Å²) in [6.07, 6.45) is 5.84. The Kier molecular flexibility index (Phi) is 41.0. The Bertz CT molecular complexity index is 900. The highest BCUT2D eigenvalue weighted by Crippen LogP contribution is 2.06. The van der Waals surface area contributed by atoms with E-state index in [4.69, 9.17) is 18.9 Å². The first kappa shape index (κ1) is 58.6. The third-order valence-corrected chi connectivity index (χ3v) is 7.24. The maximum Gasteiger partial charge on any atom is 0.200 e. The molecule has 0 aromatic carbocycles. The van der Waals surface area contributed by atoms with Crippen molar-refractivity contribution in [1.29, 1.82) is 0 Å². The van der Waals surface area contributed by atoms with Crippen molar-refractivity contribution in [1.82, 2.24) is 0 Å². The summed E-state index contributed by atoms with van der Waals surface area (Å²) in [6, 6.07) is 0. The van der Waals surface area contributed by atoms with Crippen molar-refractivity contribution < 1.29 is 47.7 Å². The lowest BCUT2D eigenvalue weighted by atomic mass is 10.0. The number of unbranched alkanes of at least 4 members (excludes halogenated alkanes) is 1. The molecule has 0 aromatic rings. The van der Waals surface area contributed by atoms with Crippen LogP contribution in [-0.4, -0.2) is 86.5 Å². The number of hydrogen-bond acceptors (Lipinski definition) is 10. The zero-order valence-corrected chi connectivity index (χ0v) is 37.6. The number of hydrogen-bond donors (Lipinski definition) is 0. The van der Waals surface area contributed by atoms with Crippen LogP contribution in [0.5, 0.6) is 0 Å². The van der Waals surface area contributed by atoms with Crippen LogP contribution in [0.15, 0.2) is 0 Å². The molecule has 0 spiro atoms. The molecule has 0 aliphatic rings. The van der Waals surface area contributed by atoms with Crippen molar-refractivity contribution in [2.24, 2.45) is 35.5 Å². The highest BCUT2D eigenvalue weighted by Gasteiger charge is 2.17. The minimum absolute atomic E-state index is 0.171. The summed E-state index contributed by atoms with van der Waals surface area (Å²) >= 11 is 0. The normalized spacial score (nSPS) is 11.1. The van der Waals surface area contributed by atoms with Gasteiger partial charge in [0.15, 0.2) is 5.78 Å². The largest absolute Gasteiger partial charge is 0.381 e. The molecule has 0 aliphatic heterocycles. The fraction of sp³-hybridized carbons (Fsp3) is 0.864. The summed E-state index contributed by atoms with van der Waals surface area (Å²) in [4.78, 5) is 67.2. The van der Waals surface area contributed by atoms with Crippen molar-refractivity contribution in [3.05, 3.63) is 0 Å². The molecule has 0 amide bonds. The molecule has 0 N–H and O–H groups in total. The molecule has 54 heavy (non-hydrogen) atoms. The monoisotopic (exact) mass is 773 g/mol. The summed E-state index contributed by atoms with van der Waals surface area (Å²) in [6.45, 7) is 34.9. The van der Waals surface area contributed by atoms with E-state index in [2.05, 4.69) is 13.8 Å². The highest BCUT2D eigenvalue weighted by atomic mass is 16.5. The van der Waals surface area contributed by atoms with Gasteiger partial charge in [0.05, 0.1) is 18.8 Å². The average Bonchev–Trinajstić information content (AvgIpc) is 3.07. The van der Waals surface area contributed by atoms with Crippen LogP contribution in [0.4, 0.5) is 0 Å². The standard InChI is InChI=1S/2C11H20O3.2C11H22O2/c1-8(2)7-14-6-5-10(12)11(13)9(3)4;1-8(2)11(13)10(12)6-5-7-14-9(3)4;1-9(2)8-13-7-5-6-11(12)10(3)4;1-9(2)11(12)7-5-6-8-13-10(3)4/h2*8-9H,5-7H2,1-4H3;2*9-10H,5-8H2,1-4H3. The van der Waals surface area contributed by atoms with Crippen molar-refractivity contribution in [2.75, 3.05) is 39.6 Å². The minimum atomic E-state index is -0.316. The average molecular weight is 773 g/mol. The van der Waals surface area contributed by atoms with Gasteiger partial charge >= 0.3 is 0 Å². The Hall–Kier alpha value is -2.14. The molecule has 0 atom stereocenters. The molecule has 0 saturated heterocycles. The van der Waals surface area contributed by atoms with E-state index in [0.717, 1.165) is 39.1 Å². The zero-order valence-electron chi connectivity index (χ0n) is 37.6. The maximum atomic E-state index is 11.2. The molecule has 0 radical (unpaired) electrons. The molecule has 0 heterocycles. The van der Waals surface area contributed by atoms with Crippen LogP contribution in [0.25, 0.3) is 0 Å². The van der Waals surface area contributed by atoms with Crippen molar-refractivity contribution in [3.63, 3.8) is 0 Å². The molecule has 10 nitrogen and oxygen atoms in total. The van der Waals surface area contributed by atoms with Gasteiger partial charge in [-0.05, 0) is 65.2 Å². The van der Waals surface area contributed by atoms with E-state index < -0.39 is 0 Å². The van der Waals surface area contributed by atoms with Gasteiger partial charge in [-0.15, -0.1) is 0 Å². The second kappa shape index (κ2) is 37.8. The molecule has 0 unspecified atom stereocenters. The van der Waals surface area contributed by atoms with E-state index in [1.165, 1.54) is 0 Å². The van der Waals surface area contributed by atoms with Crippen LogP contribution in [0.3, 0.4) is 0 Å². The third-order valence-electron chi connectivity index (χ3n) is 7.24. The first-order valence-corrected chi connectivity index (χ1v) is 20.6. The number of ketones is 6. The summed E-state index contributed by atoms with van der Waals surface area (Å²) in [5.41, 5.74) is 0. The van der Waals surface area contributed by atoms with E-state index in [1.807, 2.05) is 69.2 Å². The van der Waals surface area contributed by atoms with Crippen LogP contribution >= 0.6 is 0 Å². The van der Waals surface area contributed by atoms with E-state index >= 15 is 0 Å². The lowest BCUT2D eigenvalue weighted by Crippen LogP contribution is -2.21. The first-order chi connectivity index (χ1) is 25.0. The quantitative estimate of drug-likeness (QED) is 0.0558. The summed E-state index contributed by atoms with van der Waals surface area (Å²) in [5, 5.41) is 0.